The molecular weight excluding hydrogens is 238 g/mol. The molecule has 0 aromatic carbocycles. The van der Waals surface area contributed by atoms with E-state index in [-0.39, 0.29) is 5.25 Å². The molecule has 0 amide bonds. The summed E-state index contributed by atoms with van der Waals surface area (Å²) in [6.45, 7) is 0.317. The van der Waals surface area contributed by atoms with Crippen molar-refractivity contribution in [2.75, 3.05) is 19.5 Å². The zero-order valence-corrected chi connectivity index (χ0v) is 9.87. The molecule has 2 bridgehead atoms. The van der Waals surface area contributed by atoms with E-state index in [1.165, 1.54) is 0 Å². The summed E-state index contributed by atoms with van der Waals surface area (Å²) >= 11 is 1.59. The highest BCUT2D eigenvalue weighted by molar-refractivity contribution is 8.00. The molecule has 0 saturated carbocycles. The normalized spacial score (nSPS) is 44.7. The summed E-state index contributed by atoms with van der Waals surface area (Å²) in [7, 11) is 4.66. The van der Waals surface area contributed by atoms with E-state index >= 15 is 0 Å². The number of fused-ring (bicyclic) bond motifs is 2. The minimum atomic E-state index is -2.64. The molecule has 8 heteroatoms. The molecule has 0 spiro atoms. The van der Waals surface area contributed by atoms with Gasteiger partial charge in [0.15, 0.2) is 6.10 Å². The van der Waals surface area contributed by atoms with Crippen LogP contribution in [-0.2, 0) is 18.6 Å². The zero-order valence-electron chi connectivity index (χ0n) is 8.16. The fourth-order valence-electron chi connectivity index (χ4n) is 2.07. The van der Waals surface area contributed by atoms with Crippen molar-refractivity contribution in [2.45, 2.75) is 23.0 Å². The first-order valence-corrected chi connectivity index (χ1v) is 6.64. The number of thioether (sulfide) groups is 1. The first-order valence-electron chi connectivity index (χ1n) is 4.46. The Balaban J connectivity index is 2.16. The maximum atomic E-state index is 10.7. The van der Waals surface area contributed by atoms with E-state index in [0.717, 1.165) is 0 Å². The summed E-state index contributed by atoms with van der Waals surface area (Å²) in [6.07, 6.45) is -0.467. The van der Waals surface area contributed by atoms with E-state index in [0.29, 0.717) is 12.4 Å². The number of ether oxygens (including phenoxy) is 2. The van der Waals surface area contributed by atoms with Crippen LogP contribution in [-0.4, -0.2) is 55.2 Å². The van der Waals surface area contributed by atoms with Crippen molar-refractivity contribution in [3.8, 4) is 0 Å². The Morgan fingerprint density at radius 1 is 1.80 bits per heavy atom. The van der Waals surface area contributed by atoms with Crippen LogP contribution in [0, 0.1) is 0 Å². The first kappa shape index (κ1) is 11.8. The first-order chi connectivity index (χ1) is 7.09. The van der Waals surface area contributed by atoms with Gasteiger partial charge in [-0.3, -0.25) is 0 Å². The maximum absolute atomic E-state index is 10.7. The predicted octanol–water partition coefficient (Wildman–Crippen LogP) is 0.0467. The van der Waals surface area contributed by atoms with Crippen LogP contribution in [0.3, 0.4) is 0 Å². The smallest absolute Gasteiger partial charge is 0.382 e. The van der Waals surface area contributed by atoms with Crippen molar-refractivity contribution >= 4 is 27.9 Å². The second-order valence-corrected chi connectivity index (χ2v) is 5.47. The van der Waals surface area contributed by atoms with E-state index < -0.39 is 26.0 Å². The second kappa shape index (κ2) is 4.32. The fourth-order valence-corrected chi connectivity index (χ4v) is 4.18. The van der Waals surface area contributed by atoms with Gasteiger partial charge >= 0.3 is 8.25 Å². The van der Waals surface area contributed by atoms with Crippen molar-refractivity contribution in [2.24, 2.45) is 0 Å². The van der Waals surface area contributed by atoms with Crippen LogP contribution in [0.25, 0.3) is 0 Å². The predicted molar refractivity (Wildman–Crippen MR) is 56.2 cm³/mol. The van der Waals surface area contributed by atoms with Gasteiger partial charge in [-0.25, -0.2) is 0 Å². The Morgan fingerprint density at radius 2 is 2.53 bits per heavy atom. The van der Waals surface area contributed by atoms with Gasteiger partial charge < -0.3 is 9.47 Å². The SMILES string of the molecule is [B][C@@H]1O[C@@]2(COC)CSC1C2O[P+](=O)O. The Hall–Kier alpha value is 0.355. The molecule has 2 heterocycles. The van der Waals surface area contributed by atoms with Crippen molar-refractivity contribution in [1.82, 2.24) is 0 Å². The molecule has 0 aromatic heterocycles. The highest BCUT2D eigenvalue weighted by atomic mass is 32.2. The van der Waals surface area contributed by atoms with Crippen LogP contribution in [0.2, 0.25) is 0 Å². The zero-order chi connectivity index (χ0) is 11.1. The lowest BCUT2D eigenvalue weighted by molar-refractivity contribution is -0.0825. The van der Waals surface area contributed by atoms with Gasteiger partial charge in [0.25, 0.3) is 0 Å². The van der Waals surface area contributed by atoms with Crippen molar-refractivity contribution in [3.63, 3.8) is 0 Å². The highest BCUT2D eigenvalue weighted by Crippen LogP contribution is 2.50. The summed E-state index contributed by atoms with van der Waals surface area (Å²) in [5.41, 5.74) is -0.669. The van der Waals surface area contributed by atoms with Crippen LogP contribution in [0.1, 0.15) is 0 Å². The molecule has 2 rings (SSSR count). The van der Waals surface area contributed by atoms with Gasteiger partial charge in [0.1, 0.15) is 13.4 Å². The summed E-state index contributed by atoms with van der Waals surface area (Å²) in [5, 5.41) is -0.0914. The van der Waals surface area contributed by atoms with E-state index in [2.05, 4.69) is 0 Å². The lowest BCUT2D eigenvalue weighted by Crippen LogP contribution is -2.45. The van der Waals surface area contributed by atoms with E-state index in [4.69, 9.17) is 26.7 Å². The molecular formula is C7H11BO5PS+. The van der Waals surface area contributed by atoms with Crippen LogP contribution in [0.15, 0.2) is 0 Å². The van der Waals surface area contributed by atoms with Crippen molar-refractivity contribution in [3.05, 3.63) is 0 Å². The molecule has 2 aliphatic heterocycles. The number of hydrogen-bond acceptors (Lipinski definition) is 5. The summed E-state index contributed by atoms with van der Waals surface area (Å²) in [4.78, 5) is 8.79. The molecule has 1 N–H and O–H groups in total. The topological polar surface area (TPSA) is 65.0 Å². The lowest BCUT2D eigenvalue weighted by atomic mass is 9.93. The molecule has 5 atom stereocenters. The molecule has 3 unspecified atom stereocenters. The molecule has 5 nitrogen and oxygen atoms in total. The summed E-state index contributed by atoms with van der Waals surface area (Å²) < 4.78 is 26.3. The third kappa shape index (κ3) is 1.97. The minimum absolute atomic E-state index is 0.0914. The Labute approximate surface area is 94.2 Å². The van der Waals surface area contributed by atoms with Gasteiger partial charge in [0.05, 0.1) is 11.9 Å². The molecule has 0 aliphatic carbocycles. The van der Waals surface area contributed by atoms with E-state index in [1.807, 2.05) is 0 Å². The number of methoxy groups -OCH3 is 1. The summed E-state index contributed by atoms with van der Waals surface area (Å²) in [6, 6.07) is -0.459. The van der Waals surface area contributed by atoms with Gasteiger partial charge in [-0.1, -0.05) is 0 Å². The van der Waals surface area contributed by atoms with Gasteiger partial charge in [-0.2, -0.15) is 11.8 Å². The van der Waals surface area contributed by atoms with Gasteiger partial charge in [-0.05, 0) is 0 Å². The molecule has 2 fully saturated rings. The standard InChI is InChI=1S/C7H10BO5PS/c1-11-2-7-3-15-4(6(8)12-7)5(7)13-14(9)10/h4-6H,2-3H2,1H3/p+1/t4?,5?,6-,7+/m1/s1. The van der Waals surface area contributed by atoms with Crippen molar-refractivity contribution < 1.29 is 23.5 Å². The summed E-state index contributed by atoms with van der Waals surface area (Å²) in [5.74, 6) is 0.674. The van der Waals surface area contributed by atoms with Crippen LogP contribution >= 0.6 is 20.0 Å². The molecule has 2 saturated heterocycles. The van der Waals surface area contributed by atoms with E-state index in [9.17, 15) is 4.57 Å². The second-order valence-electron chi connectivity index (χ2n) is 3.62. The van der Waals surface area contributed by atoms with E-state index in [1.54, 1.807) is 18.9 Å². The van der Waals surface area contributed by atoms with Crippen molar-refractivity contribution in [1.29, 1.82) is 0 Å². The quantitative estimate of drug-likeness (QED) is 0.560. The molecule has 0 aromatic rings. The van der Waals surface area contributed by atoms with Gasteiger partial charge in [0, 0.05) is 23.4 Å². The Morgan fingerprint density at radius 3 is 3.07 bits per heavy atom. The number of rotatable bonds is 4. The molecule has 82 valence electrons. The fraction of sp³-hybridized carbons (Fsp3) is 1.00. The third-order valence-electron chi connectivity index (χ3n) is 2.62. The Bertz CT molecular complexity index is 280. The minimum Gasteiger partial charge on any atom is -0.382 e. The molecule has 2 aliphatic rings. The van der Waals surface area contributed by atoms with Crippen LogP contribution in [0.5, 0.6) is 0 Å². The lowest BCUT2D eigenvalue weighted by Gasteiger charge is -2.28. The van der Waals surface area contributed by atoms with Crippen LogP contribution < -0.4 is 0 Å². The average molecular weight is 249 g/mol. The largest absolute Gasteiger partial charge is 0.695 e. The molecule has 15 heavy (non-hydrogen) atoms. The molecule has 2 radical (unpaired) electrons. The van der Waals surface area contributed by atoms with Gasteiger partial charge in [-0.15, -0.1) is 9.42 Å². The third-order valence-corrected chi connectivity index (χ3v) is 4.59. The maximum Gasteiger partial charge on any atom is 0.695 e. The van der Waals surface area contributed by atoms with Crippen LogP contribution in [0.4, 0.5) is 0 Å². The average Bonchev–Trinajstić information content (AvgIpc) is 2.56. The van der Waals surface area contributed by atoms with Gasteiger partial charge in [0.2, 0.25) is 0 Å². The highest BCUT2D eigenvalue weighted by Gasteiger charge is 2.63. The monoisotopic (exact) mass is 249 g/mol. The Kier molecular flexibility index (Phi) is 3.40. The number of hydrogen-bond donors (Lipinski definition) is 1.